The normalized spacial score (nSPS) is 15.6. The zero-order valence-corrected chi connectivity index (χ0v) is 21.0. The Kier molecular flexibility index (Phi) is 10.3. The standard InChI is InChI=1S/C21H32N6O3.HI/c1-5-22-21(23-12-15-7-9-17(30-6-2)18(11-15)29-4)24-16-8-10-20-25-19(14-28-3)26-27(20)13-16;/h7,9,11,16H,5-6,8,10,12-14H2,1-4H3,(H2,22,23,24);1H. The second kappa shape index (κ2) is 12.7. The van der Waals surface area contributed by atoms with Crippen molar-refractivity contribution in [3.63, 3.8) is 0 Å². The van der Waals surface area contributed by atoms with Gasteiger partial charge in [0.2, 0.25) is 0 Å². The molecular formula is C21H33IN6O3. The first-order valence-corrected chi connectivity index (χ1v) is 10.4. The average molecular weight is 544 g/mol. The van der Waals surface area contributed by atoms with Crippen molar-refractivity contribution in [2.75, 3.05) is 27.4 Å². The minimum absolute atomic E-state index is 0. The summed E-state index contributed by atoms with van der Waals surface area (Å²) in [5.41, 5.74) is 1.05. The summed E-state index contributed by atoms with van der Waals surface area (Å²) in [4.78, 5) is 9.29. The molecular weight excluding hydrogens is 511 g/mol. The fourth-order valence-electron chi connectivity index (χ4n) is 3.44. The van der Waals surface area contributed by atoms with E-state index in [1.165, 1.54) is 0 Å². The van der Waals surface area contributed by atoms with Crippen LogP contribution in [0.15, 0.2) is 23.2 Å². The lowest BCUT2D eigenvalue weighted by atomic mass is 10.1. The van der Waals surface area contributed by atoms with Gasteiger partial charge in [-0.1, -0.05) is 6.07 Å². The Morgan fingerprint density at radius 1 is 1.26 bits per heavy atom. The molecule has 1 unspecified atom stereocenters. The summed E-state index contributed by atoms with van der Waals surface area (Å²) in [6.45, 7) is 7.14. The van der Waals surface area contributed by atoms with Crippen LogP contribution < -0.4 is 20.1 Å². The molecule has 2 aromatic rings. The number of aryl methyl sites for hydroxylation is 1. The van der Waals surface area contributed by atoms with E-state index in [-0.39, 0.29) is 30.0 Å². The second-order valence-electron chi connectivity index (χ2n) is 7.05. The third-order valence-electron chi connectivity index (χ3n) is 4.81. The van der Waals surface area contributed by atoms with Gasteiger partial charge in [-0.25, -0.2) is 14.7 Å². The lowest BCUT2D eigenvalue weighted by molar-refractivity contribution is 0.177. The summed E-state index contributed by atoms with van der Waals surface area (Å²) in [7, 11) is 3.31. The van der Waals surface area contributed by atoms with Crippen molar-refractivity contribution >= 4 is 29.9 Å². The molecule has 0 amide bonds. The van der Waals surface area contributed by atoms with Crippen molar-refractivity contribution in [3.8, 4) is 11.5 Å². The Labute approximate surface area is 201 Å². The first kappa shape index (κ1) is 25.2. The van der Waals surface area contributed by atoms with E-state index < -0.39 is 0 Å². The predicted molar refractivity (Wildman–Crippen MR) is 130 cm³/mol. The van der Waals surface area contributed by atoms with Crippen molar-refractivity contribution in [3.05, 3.63) is 35.4 Å². The Hall–Kier alpha value is -2.08. The number of rotatable bonds is 9. The molecule has 0 spiro atoms. The van der Waals surface area contributed by atoms with Crippen molar-refractivity contribution in [1.29, 1.82) is 0 Å². The molecule has 0 saturated carbocycles. The van der Waals surface area contributed by atoms with E-state index in [1.54, 1.807) is 14.2 Å². The molecule has 10 heteroatoms. The number of nitrogens with one attached hydrogen (secondary N) is 2. The zero-order valence-electron chi connectivity index (χ0n) is 18.7. The quantitative estimate of drug-likeness (QED) is 0.285. The molecule has 0 aliphatic carbocycles. The first-order valence-electron chi connectivity index (χ1n) is 10.4. The van der Waals surface area contributed by atoms with Gasteiger partial charge in [-0.15, -0.1) is 24.0 Å². The molecule has 0 bridgehead atoms. The number of fused-ring (bicyclic) bond motifs is 1. The van der Waals surface area contributed by atoms with Crippen LogP contribution in [0.5, 0.6) is 11.5 Å². The largest absolute Gasteiger partial charge is 0.493 e. The molecule has 9 nitrogen and oxygen atoms in total. The number of benzene rings is 1. The maximum atomic E-state index is 5.59. The number of hydrogen-bond acceptors (Lipinski definition) is 6. The van der Waals surface area contributed by atoms with Gasteiger partial charge in [-0.05, 0) is 38.0 Å². The van der Waals surface area contributed by atoms with Crippen LogP contribution in [0, 0.1) is 0 Å². The predicted octanol–water partition coefficient (Wildman–Crippen LogP) is 2.52. The lowest BCUT2D eigenvalue weighted by Gasteiger charge is -2.25. The van der Waals surface area contributed by atoms with Gasteiger partial charge in [0.25, 0.3) is 0 Å². The van der Waals surface area contributed by atoms with Gasteiger partial charge in [0.05, 0.1) is 26.8 Å². The van der Waals surface area contributed by atoms with Crippen LogP contribution in [0.3, 0.4) is 0 Å². The van der Waals surface area contributed by atoms with Crippen LogP contribution in [-0.2, 0) is 30.9 Å². The van der Waals surface area contributed by atoms with Gasteiger partial charge in [-0.3, -0.25) is 0 Å². The third-order valence-corrected chi connectivity index (χ3v) is 4.81. The van der Waals surface area contributed by atoms with Gasteiger partial charge in [0.15, 0.2) is 23.3 Å². The van der Waals surface area contributed by atoms with Gasteiger partial charge >= 0.3 is 0 Å². The van der Waals surface area contributed by atoms with Crippen LogP contribution in [0.4, 0.5) is 0 Å². The highest BCUT2D eigenvalue weighted by atomic mass is 127. The molecule has 172 valence electrons. The molecule has 2 N–H and O–H groups in total. The average Bonchev–Trinajstić information content (AvgIpc) is 3.15. The molecule has 1 aliphatic heterocycles. The number of ether oxygens (including phenoxy) is 3. The summed E-state index contributed by atoms with van der Waals surface area (Å²) in [6.07, 6.45) is 1.86. The van der Waals surface area contributed by atoms with Gasteiger partial charge < -0.3 is 24.8 Å². The number of nitrogens with zero attached hydrogens (tertiary/aromatic N) is 4. The highest BCUT2D eigenvalue weighted by Gasteiger charge is 2.22. The Morgan fingerprint density at radius 3 is 2.81 bits per heavy atom. The summed E-state index contributed by atoms with van der Waals surface area (Å²) in [5.74, 6) is 4.01. The molecule has 1 aromatic carbocycles. The molecule has 3 rings (SSSR count). The summed E-state index contributed by atoms with van der Waals surface area (Å²) >= 11 is 0. The van der Waals surface area contributed by atoms with Crippen LogP contribution >= 0.6 is 24.0 Å². The van der Waals surface area contributed by atoms with Gasteiger partial charge in [-0.2, -0.15) is 5.10 Å². The number of halogens is 1. The van der Waals surface area contributed by atoms with E-state index in [1.807, 2.05) is 29.8 Å². The summed E-state index contributed by atoms with van der Waals surface area (Å²) < 4.78 is 18.1. The first-order chi connectivity index (χ1) is 14.7. The van der Waals surface area contributed by atoms with E-state index >= 15 is 0 Å². The number of guanidine groups is 1. The maximum absolute atomic E-state index is 5.59. The fourth-order valence-corrected chi connectivity index (χ4v) is 3.44. The highest BCUT2D eigenvalue weighted by Crippen LogP contribution is 2.28. The van der Waals surface area contributed by atoms with E-state index in [0.29, 0.717) is 19.8 Å². The molecule has 1 atom stereocenters. The third kappa shape index (κ3) is 6.96. The van der Waals surface area contributed by atoms with E-state index in [0.717, 1.165) is 60.6 Å². The Bertz CT molecular complexity index is 858. The highest BCUT2D eigenvalue weighted by molar-refractivity contribution is 14.0. The summed E-state index contributed by atoms with van der Waals surface area (Å²) in [5, 5.41) is 11.4. The SMILES string of the molecule is CCNC(=NCc1ccc(OCC)c(OC)c1)NC1CCc2nc(COC)nn2C1.I. The molecule has 1 aromatic heterocycles. The topological polar surface area (TPSA) is 94.8 Å². The van der Waals surface area contributed by atoms with Gasteiger partial charge in [0, 0.05) is 26.1 Å². The number of methoxy groups -OCH3 is 2. The Morgan fingerprint density at radius 2 is 2.10 bits per heavy atom. The maximum Gasteiger partial charge on any atom is 0.191 e. The van der Waals surface area contributed by atoms with Crippen molar-refractivity contribution in [2.45, 2.75) is 52.4 Å². The molecule has 1 aliphatic rings. The zero-order chi connectivity index (χ0) is 21.3. The van der Waals surface area contributed by atoms with Crippen molar-refractivity contribution in [1.82, 2.24) is 25.4 Å². The van der Waals surface area contributed by atoms with Crippen LogP contribution in [-0.4, -0.2) is 54.1 Å². The summed E-state index contributed by atoms with van der Waals surface area (Å²) in [6, 6.07) is 6.15. The molecule has 31 heavy (non-hydrogen) atoms. The van der Waals surface area contributed by atoms with E-state index in [4.69, 9.17) is 19.2 Å². The number of hydrogen-bond donors (Lipinski definition) is 2. The fraction of sp³-hybridized carbons (Fsp3) is 0.571. The van der Waals surface area contributed by atoms with E-state index in [2.05, 4.69) is 27.6 Å². The molecule has 2 heterocycles. The number of aliphatic imine (C=N–C) groups is 1. The monoisotopic (exact) mass is 544 g/mol. The van der Waals surface area contributed by atoms with Crippen LogP contribution in [0.25, 0.3) is 0 Å². The lowest BCUT2D eigenvalue weighted by Crippen LogP contribution is -2.47. The smallest absolute Gasteiger partial charge is 0.191 e. The molecule has 0 saturated heterocycles. The molecule has 0 radical (unpaired) electrons. The van der Waals surface area contributed by atoms with Crippen molar-refractivity contribution in [2.24, 2.45) is 4.99 Å². The second-order valence-corrected chi connectivity index (χ2v) is 7.05. The number of aromatic nitrogens is 3. The molecule has 0 fully saturated rings. The van der Waals surface area contributed by atoms with Gasteiger partial charge in [0.1, 0.15) is 12.4 Å². The minimum Gasteiger partial charge on any atom is -0.493 e. The van der Waals surface area contributed by atoms with Crippen molar-refractivity contribution < 1.29 is 14.2 Å². The van der Waals surface area contributed by atoms with E-state index in [9.17, 15) is 0 Å². The minimum atomic E-state index is 0. The Balaban J connectivity index is 0.00000341. The van der Waals surface area contributed by atoms with Crippen LogP contribution in [0.1, 0.15) is 37.5 Å². The van der Waals surface area contributed by atoms with Crippen LogP contribution in [0.2, 0.25) is 0 Å².